The van der Waals surface area contributed by atoms with Gasteiger partial charge in [-0.05, 0) is 38.2 Å². The van der Waals surface area contributed by atoms with Crippen molar-refractivity contribution >= 4 is 29.9 Å². The van der Waals surface area contributed by atoms with E-state index in [2.05, 4.69) is 34.5 Å². The number of nitrogens with zero attached hydrogens (tertiary/aromatic N) is 2. The minimum absolute atomic E-state index is 0. The van der Waals surface area contributed by atoms with Crippen molar-refractivity contribution in [1.29, 1.82) is 0 Å². The Morgan fingerprint density at radius 3 is 2.71 bits per heavy atom. The normalized spacial score (nSPS) is 14.6. The molecule has 118 valence electrons. The summed E-state index contributed by atoms with van der Waals surface area (Å²) in [6.07, 6.45) is 4.44. The molecule has 6 heteroatoms. The smallest absolute Gasteiger partial charge is 0.213 e. The molecule has 1 aliphatic carbocycles. The van der Waals surface area contributed by atoms with Gasteiger partial charge >= 0.3 is 0 Å². The second-order valence-electron chi connectivity index (χ2n) is 5.48. The molecule has 2 rings (SSSR count). The molecule has 0 spiro atoms. The molecule has 1 heterocycles. The number of halogens is 1. The van der Waals surface area contributed by atoms with Gasteiger partial charge in [-0.2, -0.15) is 0 Å². The molecule has 1 fully saturated rings. The van der Waals surface area contributed by atoms with Crippen molar-refractivity contribution in [1.82, 2.24) is 15.6 Å². The maximum Gasteiger partial charge on any atom is 0.213 e. The monoisotopic (exact) mass is 404 g/mol. The molecule has 0 radical (unpaired) electrons. The average molecular weight is 404 g/mol. The summed E-state index contributed by atoms with van der Waals surface area (Å²) in [7, 11) is 1.77. The third kappa shape index (κ3) is 6.97. The van der Waals surface area contributed by atoms with Gasteiger partial charge in [0, 0.05) is 31.9 Å². The van der Waals surface area contributed by atoms with Gasteiger partial charge < -0.3 is 15.4 Å². The second-order valence-corrected chi connectivity index (χ2v) is 5.48. The van der Waals surface area contributed by atoms with Crippen molar-refractivity contribution in [3.05, 3.63) is 23.9 Å². The van der Waals surface area contributed by atoms with Crippen molar-refractivity contribution in [3.63, 3.8) is 0 Å². The van der Waals surface area contributed by atoms with E-state index in [9.17, 15) is 0 Å². The van der Waals surface area contributed by atoms with Crippen LogP contribution < -0.4 is 15.4 Å². The predicted molar refractivity (Wildman–Crippen MR) is 96.3 cm³/mol. The van der Waals surface area contributed by atoms with Crippen LogP contribution in [0.25, 0.3) is 0 Å². The first-order valence-electron chi connectivity index (χ1n) is 7.22. The molecule has 1 aromatic heterocycles. The molecular formula is C15H25IN4O. The number of guanidine groups is 1. The first-order chi connectivity index (χ1) is 9.67. The summed E-state index contributed by atoms with van der Waals surface area (Å²) in [6, 6.07) is 4.32. The molecule has 0 bridgehead atoms. The maximum atomic E-state index is 5.62. The number of hydrogen-bond acceptors (Lipinski definition) is 3. The van der Waals surface area contributed by atoms with Crippen LogP contribution in [0, 0.1) is 5.92 Å². The lowest BCUT2D eigenvalue weighted by Crippen LogP contribution is -2.40. The summed E-state index contributed by atoms with van der Waals surface area (Å²) in [6.45, 7) is 5.67. The summed E-state index contributed by atoms with van der Waals surface area (Å²) in [5, 5.41) is 6.50. The minimum atomic E-state index is 0. The van der Waals surface area contributed by atoms with E-state index in [0.717, 1.165) is 24.0 Å². The van der Waals surface area contributed by atoms with E-state index >= 15 is 0 Å². The van der Waals surface area contributed by atoms with Crippen molar-refractivity contribution in [3.8, 4) is 5.88 Å². The Kier molecular flexibility index (Phi) is 7.77. The van der Waals surface area contributed by atoms with Crippen LogP contribution in [0.3, 0.4) is 0 Å². The van der Waals surface area contributed by atoms with E-state index in [0.29, 0.717) is 18.5 Å². The maximum absolute atomic E-state index is 5.62. The lowest BCUT2D eigenvalue weighted by molar-refractivity contribution is 0.288. The summed E-state index contributed by atoms with van der Waals surface area (Å²) in [4.78, 5) is 8.49. The van der Waals surface area contributed by atoms with Gasteiger partial charge in [0.15, 0.2) is 5.96 Å². The van der Waals surface area contributed by atoms with E-state index in [1.165, 1.54) is 12.8 Å². The van der Waals surface area contributed by atoms with Crippen molar-refractivity contribution in [2.45, 2.75) is 39.3 Å². The van der Waals surface area contributed by atoms with Gasteiger partial charge in [0.05, 0.1) is 6.61 Å². The first kappa shape index (κ1) is 18.0. The molecular weight excluding hydrogens is 379 g/mol. The standard InChI is InChI=1S/C15H24N4O.HI/c1-11(2)19-15(16-3)18-9-13-6-7-14(17-8-13)20-10-12-4-5-12;/h6-8,11-12H,4-5,9-10H2,1-3H3,(H2,16,18,19);1H. The molecule has 0 atom stereocenters. The van der Waals surface area contributed by atoms with E-state index in [-0.39, 0.29) is 24.0 Å². The van der Waals surface area contributed by atoms with Gasteiger partial charge in [0.25, 0.3) is 0 Å². The van der Waals surface area contributed by atoms with Gasteiger partial charge in [-0.15, -0.1) is 24.0 Å². The molecule has 0 aromatic carbocycles. The van der Waals surface area contributed by atoms with Crippen molar-refractivity contribution in [2.24, 2.45) is 10.9 Å². The van der Waals surface area contributed by atoms with Crippen LogP contribution in [0.2, 0.25) is 0 Å². The fourth-order valence-electron chi connectivity index (χ4n) is 1.74. The number of pyridine rings is 1. The molecule has 0 saturated heterocycles. The molecule has 2 N–H and O–H groups in total. The molecule has 1 saturated carbocycles. The quantitative estimate of drug-likeness (QED) is 0.435. The molecule has 0 aliphatic heterocycles. The van der Waals surface area contributed by atoms with E-state index < -0.39 is 0 Å². The lowest BCUT2D eigenvalue weighted by Gasteiger charge is -2.14. The average Bonchev–Trinajstić information content (AvgIpc) is 3.26. The Hall–Kier alpha value is -1.05. The van der Waals surface area contributed by atoms with Crippen LogP contribution in [0.15, 0.2) is 23.3 Å². The van der Waals surface area contributed by atoms with Gasteiger partial charge in [-0.3, -0.25) is 4.99 Å². The highest BCUT2D eigenvalue weighted by atomic mass is 127. The van der Waals surface area contributed by atoms with E-state index in [1.807, 2.05) is 18.3 Å². The largest absolute Gasteiger partial charge is 0.477 e. The third-order valence-corrected chi connectivity index (χ3v) is 3.07. The van der Waals surface area contributed by atoms with Crippen LogP contribution in [0.4, 0.5) is 0 Å². The lowest BCUT2D eigenvalue weighted by atomic mass is 10.3. The number of nitrogens with one attached hydrogen (secondary N) is 2. The number of rotatable bonds is 6. The molecule has 21 heavy (non-hydrogen) atoms. The second kappa shape index (κ2) is 9.07. The number of hydrogen-bond donors (Lipinski definition) is 2. The number of aliphatic imine (C=N–C) groups is 1. The summed E-state index contributed by atoms with van der Waals surface area (Å²) in [5.41, 5.74) is 1.11. The molecule has 5 nitrogen and oxygen atoms in total. The summed E-state index contributed by atoms with van der Waals surface area (Å²) in [5.74, 6) is 2.27. The fourth-order valence-corrected chi connectivity index (χ4v) is 1.74. The molecule has 1 aromatic rings. The highest BCUT2D eigenvalue weighted by molar-refractivity contribution is 14.0. The van der Waals surface area contributed by atoms with Crippen LogP contribution in [0.5, 0.6) is 5.88 Å². The zero-order valence-electron chi connectivity index (χ0n) is 12.9. The predicted octanol–water partition coefficient (Wildman–Crippen LogP) is 2.56. The zero-order valence-corrected chi connectivity index (χ0v) is 15.3. The number of aromatic nitrogens is 1. The van der Waals surface area contributed by atoms with Crippen LogP contribution in [-0.2, 0) is 6.54 Å². The van der Waals surface area contributed by atoms with Crippen molar-refractivity contribution in [2.75, 3.05) is 13.7 Å². The van der Waals surface area contributed by atoms with Crippen molar-refractivity contribution < 1.29 is 4.74 Å². The fraction of sp³-hybridized carbons (Fsp3) is 0.600. The highest BCUT2D eigenvalue weighted by Crippen LogP contribution is 2.29. The molecule has 0 amide bonds. The van der Waals surface area contributed by atoms with Crippen LogP contribution in [-0.4, -0.2) is 30.6 Å². The third-order valence-electron chi connectivity index (χ3n) is 3.07. The molecule has 0 unspecified atom stereocenters. The van der Waals surface area contributed by atoms with E-state index in [1.54, 1.807) is 7.05 Å². The Labute approximate surface area is 144 Å². The van der Waals surface area contributed by atoms with Gasteiger partial charge in [0.1, 0.15) is 0 Å². The minimum Gasteiger partial charge on any atom is -0.477 e. The van der Waals surface area contributed by atoms with Crippen LogP contribution >= 0.6 is 24.0 Å². The van der Waals surface area contributed by atoms with Crippen LogP contribution in [0.1, 0.15) is 32.3 Å². The van der Waals surface area contributed by atoms with Gasteiger partial charge in [0.2, 0.25) is 5.88 Å². The Morgan fingerprint density at radius 2 is 2.19 bits per heavy atom. The van der Waals surface area contributed by atoms with E-state index in [4.69, 9.17) is 4.74 Å². The molecule has 1 aliphatic rings. The zero-order chi connectivity index (χ0) is 14.4. The Balaban J connectivity index is 0.00000220. The van der Waals surface area contributed by atoms with Gasteiger partial charge in [-0.1, -0.05) is 6.07 Å². The number of ether oxygens (including phenoxy) is 1. The van der Waals surface area contributed by atoms with Gasteiger partial charge in [-0.25, -0.2) is 4.98 Å². The Morgan fingerprint density at radius 1 is 1.43 bits per heavy atom. The summed E-state index contributed by atoms with van der Waals surface area (Å²) < 4.78 is 5.62. The first-order valence-corrected chi connectivity index (χ1v) is 7.22. The SMILES string of the molecule is CN=C(NCc1ccc(OCC2CC2)nc1)NC(C)C.I. The Bertz CT molecular complexity index is 443. The summed E-state index contributed by atoms with van der Waals surface area (Å²) >= 11 is 0. The highest BCUT2D eigenvalue weighted by Gasteiger charge is 2.21. The topological polar surface area (TPSA) is 58.5 Å².